The molecule has 1 aromatic heterocycles. The highest BCUT2D eigenvalue weighted by atomic mass is 35.5. The molecule has 1 aromatic carbocycles. The Morgan fingerprint density at radius 3 is 2.74 bits per heavy atom. The summed E-state index contributed by atoms with van der Waals surface area (Å²) in [6, 6.07) is 8.51. The number of halogens is 1. The number of nitrogens with zero attached hydrogens (tertiary/aromatic N) is 1. The predicted octanol–water partition coefficient (Wildman–Crippen LogP) is 3.29. The van der Waals surface area contributed by atoms with E-state index < -0.39 is 12.0 Å². The first kappa shape index (κ1) is 13.4. The first-order valence-electron chi connectivity index (χ1n) is 5.78. The highest BCUT2D eigenvalue weighted by molar-refractivity contribution is 6.33. The normalized spacial score (nSPS) is 11.9. The lowest BCUT2D eigenvalue weighted by Crippen LogP contribution is -2.25. The number of nitrogens with one attached hydrogen (secondary N) is 1. The number of aliphatic carboxylic acids is 1. The standard InChI is InChI=1S/C14H13ClN2O2/c1-9(14(18)19)17-13-8-16-7-6-11(13)10-4-2-3-5-12(10)15/h2-9,17H,1H3,(H,18,19)/t9-/m0/s1. The van der Waals surface area contributed by atoms with Crippen LogP contribution in [0.4, 0.5) is 5.69 Å². The molecular weight excluding hydrogens is 264 g/mol. The number of benzene rings is 1. The average molecular weight is 277 g/mol. The van der Waals surface area contributed by atoms with E-state index in [9.17, 15) is 4.79 Å². The van der Waals surface area contributed by atoms with Crippen LogP contribution in [0.25, 0.3) is 11.1 Å². The Morgan fingerprint density at radius 1 is 1.32 bits per heavy atom. The Morgan fingerprint density at radius 2 is 2.05 bits per heavy atom. The van der Waals surface area contributed by atoms with Gasteiger partial charge in [0.2, 0.25) is 0 Å². The van der Waals surface area contributed by atoms with Crippen LogP contribution in [0.1, 0.15) is 6.92 Å². The highest BCUT2D eigenvalue weighted by Crippen LogP contribution is 2.32. The molecule has 0 radical (unpaired) electrons. The molecule has 2 N–H and O–H groups in total. The van der Waals surface area contributed by atoms with Gasteiger partial charge >= 0.3 is 5.97 Å². The maximum Gasteiger partial charge on any atom is 0.325 e. The third-order valence-electron chi connectivity index (χ3n) is 2.73. The Balaban J connectivity index is 2.42. The maximum absolute atomic E-state index is 10.9. The van der Waals surface area contributed by atoms with Crippen LogP contribution in [-0.4, -0.2) is 22.1 Å². The van der Waals surface area contributed by atoms with Crippen LogP contribution in [0.5, 0.6) is 0 Å². The van der Waals surface area contributed by atoms with Crippen molar-refractivity contribution in [1.82, 2.24) is 4.98 Å². The molecule has 0 spiro atoms. The van der Waals surface area contributed by atoms with Gasteiger partial charge in [-0.2, -0.15) is 0 Å². The van der Waals surface area contributed by atoms with Gasteiger partial charge in [-0.05, 0) is 19.1 Å². The molecule has 0 aliphatic heterocycles. The van der Waals surface area contributed by atoms with E-state index in [1.54, 1.807) is 31.5 Å². The fraction of sp³-hybridized carbons (Fsp3) is 0.143. The number of aromatic nitrogens is 1. The number of carboxylic acid groups (broad SMARTS) is 1. The summed E-state index contributed by atoms with van der Waals surface area (Å²) in [5.74, 6) is -0.922. The van der Waals surface area contributed by atoms with Crippen LogP contribution < -0.4 is 5.32 Å². The van der Waals surface area contributed by atoms with E-state index in [1.807, 2.05) is 18.2 Å². The molecule has 19 heavy (non-hydrogen) atoms. The van der Waals surface area contributed by atoms with Crippen LogP contribution in [0.3, 0.4) is 0 Å². The van der Waals surface area contributed by atoms with Gasteiger partial charge in [0.1, 0.15) is 6.04 Å². The van der Waals surface area contributed by atoms with E-state index in [4.69, 9.17) is 16.7 Å². The summed E-state index contributed by atoms with van der Waals surface area (Å²) in [6.45, 7) is 1.58. The lowest BCUT2D eigenvalue weighted by Gasteiger charge is -2.15. The van der Waals surface area contributed by atoms with Crippen LogP contribution in [0.15, 0.2) is 42.7 Å². The Labute approximate surface area is 116 Å². The third kappa shape index (κ3) is 3.03. The van der Waals surface area contributed by atoms with Crippen LogP contribution >= 0.6 is 11.6 Å². The van der Waals surface area contributed by atoms with Gasteiger partial charge in [-0.3, -0.25) is 9.78 Å². The molecule has 0 saturated carbocycles. The van der Waals surface area contributed by atoms with E-state index in [-0.39, 0.29) is 0 Å². The van der Waals surface area contributed by atoms with E-state index in [1.165, 1.54) is 0 Å². The van der Waals surface area contributed by atoms with Gasteiger partial charge < -0.3 is 10.4 Å². The molecule has 0 saturated heterocycles. The van der Waals surface area contributed by atoms with Crippen molar-refractivity contribution in [2.45, 2.75) is 13.0 Å². The molecule has 0 fully saturated rings. The van der Waals surface area contributed by atoms with Crippen molar-refractivity contribution in [2.24, 2.45) is 0 Å². The molecule has 5 heteroatoms. The highest BCUT2D eigenvalue weighted by Gasteiger charge is 2.14. The molecule has 2 aromatic rings. The summed E-state index contributed by atoms with van der Waals surface area (Å²) >= 11 is 6.17. The predicted molar refractivity (Wildman–Crippen MR) is 75.4 cm³/mol. The molecular formula is C14H13ClN2O2. The number of anilines is 1. The number of carboxylic acids is 1. The minimum absolute atomic E-state index is 0.611. The quantitative estimate of drug-likeness (QED) is 0.899. The van der Waals surface area contributed by atoms with Crippen molar-refractivity contribution in [3.05, 3.63) is 47.7 Å². The van der Waals surface area contributed by atoms with Gasteiger partial charge in [0, 0.05) is 22.3 Å². The molecule has 0 bridgehead atoms. The third-order valence-corrected chi connectivity index (χ3v) is 3.06. The molecule has 0 aliphatic carbocycles. The van der Waals surface area contributed by atoms with Gasteiger partial charge in [0.25, 0.3) is 0 Å². The number of hydrogen-bond acceptors (Lipinski definition) is 3. The number of pyridine rings is 1. The zero-order chi connectivity index (χ0) is 13.8. The monoisotopic (exact) mass is 276 g/mol. The van der Waals surface area contributed by atoms with Crippen molar-refractivity contribution >= 4 is 23.3 Å². The number of rotatable bonds is 4. The van der Waals surface area contributed by atoms with Crippen LogP contribution in [0.2, 0.25) is 5.02 Å². The average Bonchev–Trinajstić information content (AvgIpc) is 2.40. The second kappa shape index (κ2) is 5.71. The molecule has 4 nitrogen and oxygen atoms in total. The van der Waals surface area contributed by atoms with Crippen molar-refractivity contribution in [3.8, 4) is 11.1 Å². The second-order valence-electron chi connectivity index (χ2n) is 4.11. The molecule has 0 aliphatic rings. The van der Waals surface area contributed by atoms with Crippen molar-refractivity contribution < 1.29 is 9.90 Å². The lowest BCUT2D eigenvalue weighted by atomic mass is 10.1. The fourth-order valence-electron chi connectivity index (χ4n) is 1.72. The Hall–Kier alpha value is -2.07. The topological polar surface area (TPSA) is 62.2 Å². The summed E-state index contributed by atoms with van der Waals surface area (Å²) in [6.07, 6.45) is 3.24. The summed E-state index contributed by atoms with van der Waals surface area (Å²) in [5, 5.41) is 12.5. The molecule has 0 unspecified atom stereocenters. The molecule has 98 valence electrons. The minimum Gasteiger partial charge on any atom is -0.480 e. The van der Waals surface area contributed by atoms with Crippen molar-refractivity contribution in [1.29, 1.82) is 0 Å². The van der Waals surface area contributed by atoms with Gasteiger partial charge in [0.15, 0.2) is 0 Å². The van der Waals surface area contributed by atoms with Crippen LogP contribution in [0, 0.1) is 0 Å². The van der Waals surface area contributed by atoms with Gasteiger partial charge in [-0.25, -0.2) is 0 Å². The summed E-state index contributed by atoms with van der Waals surface area (Å²) in [5.41, 5.74) is 2.31. The Kier molecular flexibility index (Phi) is 4.02. The molecule has 0 amide bonds. The van der Waals surface area contributed by atoms with Crippen molar-refractivity contribution in [3.63, 3.8) is 0 Å². The summed E-state index contributed by atoms with van der Waals surface area (Å²) < 4.78 is 0. The second-order valence-corrected chi connectivity index (χ2v) is 4.51. The number of hydrogen-bond donors (Lipinski definition) is 2. The Bertz CT molecular complexity index is 602. The van der Waals surface area contributed by atoms with Crippen LogP contribution in [-0.2, 0) is 4.79 Å². The van der Waals surface area contributed by atoms with Crippen molar-refractivity contribution in [2.75, 3.05) is 5.32 Å². The summed E-state index contributed by atoms with van der Waals surface area (Å²) in [4.78, 5) is 14.9. The SMILES string of the molecule is C[C@H](Nc1cnccc1-c1ccccc1Cl)C(=O)O. The smallest absolute Gasteiger partial charge is 0.325 e. The van der Waals surface area contributed by atoms with Gasteiger partial charge in [-0.1, -0.05) is 29.8 Å². The largest absolute Gasteiger partial charge is 0.480 e. The van der Waals surface area contributed by atoms with Gasteiger partial charge in [0.05, 0.1) is 11.9 Å². The zero-order valence-electron chi connectivity index (χ0n) is 10.3. The molecule has 2 rings (SSSR count). The summed E-state index contributed by atoms with van der Waals surface area (Å²) in [7, 11) is 0. The van der Waals surface area contributed by atoms with E-state index in [2.05, 4.69) is 10.3 Å². The lowest BCUT2D eigenvalue weighted by molar-refractivity contribution is -0.137. The zero-order valence-corrected chi connectivity index (χ0v) is 11.1. The first-order chi connectivity index (χ1) is 9.09. The van der Waals surface area contributed by atoms with Gasteiger partial charge in [-0.15, -0.1) is 0 Å². The molecule has 1 heterocycles. The van der Waals surface area contributed by atoms with E-state index in [0.29, 0.717) is 10.7 Å². The minimum atomic E-state index is -0.922. The first-order valence-corrected chi connectivity index (χ1v) is 6.15. The van der Waals surface area contributed by atoms with E-state index >= 15 is 0 Å². The number of carbonyl (C=O) groups is 1. The maximum atomic E-state index is 10.9. The fourth-order valence-corrected chi connectivity index (χ4v) is 1.96. The van der Waals surface area contributed by atoms with E-state index in [0.717, 1.165) is 11.1 Å². The molecule has 1 atom stereocenters.